The van der Waals surface area contributed by atoms with E-state index in [-0.39, 0.29) is 24.0 Å². The second-order valence-electron chi connectivity index (χ2n) is 4.44. The molecule has 0 aromatic heterocycles. The zero-order valence-electron chi connectivity index (χ0n) is 9.70. The monoisotopic (exact) mass is 247 g/mol. The minimum absolute atomic E-state index is 0.0288. The van der Waals surface area contributed by atoms with E-state index in [2.05, 4.69) is 0 Å². The maximum absolute atomic E-state index is 10.8. The predicted octanol–water partition coefficient (Wildman–Crippen LogP) is 1.60. The van der Waals surface area contributed by atoms with Crippen molar-refractivity contribution in [2.45, 2.75) is 18.4 Å². The molecule has 94 valence electrons. The van der Waals surface area contributed by atoms with Gasteiger partial charge in [0, 0.05) is 6.07 Å². The second-order valence-corrected chi connectivity index (χ2v) is 4.44. The SMILES string of the molecule is N#CC(N)(COc1ccccc1[N+](=O)[O-])C1CC1. The van der Waals surface area contributed by atoms with E-state index in [0.29, 0.717) is 0 Å². The molecule has 0 amide bonds. The number of hydrogen-bond donors (Lipinski definition) is 1. The first-order valence-corrected chi connectivity index (χ1v) is 5.63. The van der Waals surface area contributed by atoms with Crippen molar-refractivity contribution in [1.29, 1.82) is 5.26 Å². The van der Waals surface area contributed by atoms with Crippen molar-refractivity contribution >= 4 is 5.69 Å². The van der Waals surface area contributed by atoms with E-state index in [1.807, 2.05) is 6.07 Å². The normalized spacial score (nSPS) is 17.6. The van der Waals surface area contributed by atoms with Crippen molar-refractivity contribution in [2.24, 2.45) is 11.7 Å². The van der Waals surface area contributed by atoms with E-state index < -0.39 is 10.5 Å². The van der Waals surface area contributed by atoms with Gasteiger partial charge in [-0.2, -0.15) is 5.26 Å². The van der Waals surface area contributed by atoms with Gasteiger partial charge < -0.3 is 10.5 Å². The number of nitriles is 1. The quantitative estimate of drug-likeness (QED) is 0.628. The molecule has 0 saturated heterocycles. The molecule has 2 rings (SSSR count). The average molecular weight is 247 g/mol. The minimum atomic E-state index is -1.05. The van der Waals surface area contributed by atoms with Crippen LogP contribution in [0.5, 0.6) is 5.75 Å². The summed E-state index contributed by atoms with van der Waals surface area (Å²) in [6.07, 6.45) is 1.81. The van der Waals surface area contributed by atoms with Gasteiger partial charge in [0.1, 0.15) is 12.1 Å². The van der Waals surface area contributed by atoms with Crippen LogP contribution < -0.4 is 10.5 Å². The third-order valence-electron chi connectivity index (χ3n) is 3.04. The van der Waals surface area contributed by atoms with Crippen molar-refractivity contribution in [1.82, 2.24) is 0 Å². The van der Waals surface area contributed by atoms with Crippen LogP contribution in [0.25, 0.3) is 0 Å². The van der Waals surface area contributed by atoms with Crippen LogP contribution >= 0.6 is 0 Å². The number of nitro groups is 1. The zero-order chi connectivity index (χ0) is 13.2. The molecule has 1 unspecified atom stereocenters. The Labute approximate surface area is 104 Å². The molecule has 6 heteroatoms. The first-order chi connectivity index (χ1) is 8.57. The summed E-state index contributed by atoms with van der Waals surface area (Å²) >= 11 is 0. The van der Waals surface area contributed by atoms with Gasteiger partial charge in [-0.05, 0) is 24.8 Å². The molecule has 18 heavy (non-hydrogen) atoms. The second kappa shape index (κ2) is 4.63. The van der Waals surface area contributed by atoms with Gasteiger partial charge in [-0.1, -0.05) is 12.1 Å². The average Bonchev–Trinajstić information content (AvgIpc) is 3.21. The number of ether oxygens (including phenoxy) is 1. The van der Waals surface area contributed by atoms with E-state index >= 15 is 0 Å². The van der Waals surface area contributed by atoms with Gasteiger partial charge in [0.05, 0.1) is 11.0 Å². The summed E-state index contributed by atoms with van der Waals surface area (Å²) in [6.45, 7) is -0.0288. The number of nitrogens with zero attached hydrogens (tertiary/aromatic N) is 2. The highest BCUT2D eigenvalue weighted by molar-refractivity contribution is 5.45. The lowest BCUT2D eigenvalue weighted by atomic mass is 9.98. The lowest BCUT2D eigenvalue weighted by Gasteiger charge is -2.21. The van der Waals surface area contributed by atoms with Crippen LogP contribution in [-0.4, -0.2) is 17.1 Å². The molecule has 1 aliphatic carbocycles. The van der Waals surface area contributed by atoms with Gasteiger partial charge in [0.15, 0.2) is 5.75 Å². The van der Waals surface area contributed by atoms with Crippen LogP contribution in [0.4, 0.5) is 5.69 Å². The van der Waals surface area contributed by atoms with Crippen molar-refractivity contribution in [3.8, 4) is 11.8 Å². The van der Waals surface area contributed by atoms with Gasteiger partial charge in [-0.25, -0.2) is 0 Å². The fourth-order valence-electron chi connectivity index (χ4n) is 1.77. The molecule has 6 nitrogen and oxygen atoms in total. The van der Waals surface area contributed by atoms with E-state index in [1.54, 1.807) is 12.1 Å². The lowest BCUT2D eigenvalue weighted by Crippen LogP contribution is -2.46. The molecule has 0 aliphatic heterocycles. The Bertz CT molecular complexity index is 508. The molecule has 1 atom stereocenters. The van der Waals surface area contributed by atoms with Gasteiger partial charge >= 0.3 is 5.69 Å². The summed E-state index contributed by atoms with van der Waals surface area (Å²) < 4.78 is 5.37. The van der Waals surface area contributed by atoms with Gasteiger partial charge in [-0.3, -0.25) is 10.1 Å². The maximum Gasteiger partial charge on any atom is 0.310 e. The molecule has 1 fully saturated rings. The summed E-state index contributed by atoms with van der Waals surface area (Å²) in [5.74, 6) is 0.276. The summed E-state index contributed by atoms with van der Waals surface area (Å²) in [5.41, 5.74) is 4.75. The topological polar surface area (TPSA) is 102 Å². The zero-order valence-corrected chi connectivity index (χ0v) is 9.70. The molecule has 1 aromatic carbocycles. The Morgan fingerprint density at radius 3 is 2.78 bits per heavy atom. The van der Waals surface area contributed by atoms with Crippen molar-refractivity contribution in [2.75, 3.05) is 6.61 Å². The molecule has 0 heterocycles. The van der Waals surface area contributed by atoms with Gasteiger partial charge in [0.25, 0.3) is 0 Å². The lowest BCUT2D eigenvalue weighted by molar-refractivity contribution is -0.385. The Morgan fingerprint density at radius 1 is 1.56 bits per heavy atom. The molecule has 1 aromatic rings. The van der Waals surface area contributed by atoms with E-state index in [1.165, 1.54) is 12.1 Å². The molecule has 0 spiro atoms. The largest absolute Gasteiger partial charge is 0.484 e. The molecular weight excluding hydrogens is 234 g/mol. The maximum atomic E-state index is 10.8. The van der Waals surface area contributed by atoms with Crippen LogP contribution in [-0.2, 0) is 0 Å². The first kappa shape index (κ1) is 12.3. The number of benzene rings is 1. The number of rotatable bonds is 5. The molecular formula is C12H13N3O3. The Hall–Kier alpha value is -2.13. The third kappa shape index (κ3) is 2.41. The summed E-state index contributed by atoms with van der Waals surface area (Å²) in [5, 5.41) is 19.9. The summed E-state index contributed by atoms with van der Waals surface area (Å²) in [4.78, 5) is 10.3. The molecule has 0 bridgehead atoms. The van der Waals surface area contributed by atoms with E-state index in [4.69, 9.17) is 15.7 Å². The van der Waals surface area contributed by atoms with Crippen molar-refractivity contribution < 1.29 is 9.66 Å². The predicted molar refractivity (Wildman–Crippen MR) is 63.8 cm³/mol. The fourth-order valence-corrected chi connectivity index (χ4v) is 1.77. The van der Waals surface area contributed by atoms with Gasteiger partial charge in [-0.15, -0.1) is 0 Å². The highest BCUT2D eigenvalue weighted by atomic mass is 16.6. The fraction of sp³-hybridized carbons (Fsp3) is 0.417. The molecule has 1 aliphatic rings. The van der Waals surface area contributed by atoms with Crippen molar-refractivity contribution in [3.63, 3.8) is 0 Å². The highest BCUT2D eigenvalue weighted by Gasteiger charge is 2.43. The van der Waals surface area contributed by atoms with Crippen LogP contribution in [0.1, 0.15) is 12.8 Å². The van der Waals surface area contributed by atoms with Crippen LogP contribution in [0, 0.1) is 27.4 Å². The summed E-state index contributed by atoms with van der Waals surface area (Å²) in [6, 6.07) is 8.11. The van der Waals surface area contributed by atoms with E-state index in [9.17, 15) is 10.1 Å². The van der Waals surface area contributed by atoms with Crippen molar-refractivity contribution in [3.05, 3.63) is 34.4 Å². The van der Waals surface area contributed by atoms with Gasteiger partial charge in [0.2, 0.25) is 0 Å². The number of para-hydroxylation sites is 2. The highest BCUT2D eigenvalue weighted by Crippen LogP contribution is 2.38. The Kier molecular flexibility index (Phi) is 3.17. The Morgan fingerprint density at radius 2 is 2.22 bits per heavy atom. The first-order valence-electron chi connectivity index (χ1n) is 5.63. The number of nitrogens with two attached hydrogens (primary N) is 1. The number of nitro benzene ring substituents is 1. The van der Waals surface area contributed by atoms with E-state index in [0.717, 1.165) is 12.8 Å². The molecule has 1 saturated carbocycles. The standard InChI is InChI=1S/C12H13N3O3/c13-7-12(14,9-5-6-9)8-18-11-4-2-1-3-10(11)15(16)17/h1-4,9H,5-6,8,14H2. The summed E-state index contributed by atoms with van der Waals surface area (Å²) in [7, 11) is 0. The van der Waals surface area contributed by atoms with Crippen LogP contribution in [0.2, 0.25) is 0 Å². The Balaban J connectivity index is 2.11. The van der Waals surface area contributed by atoms with Crippen LogP contribution in [0.3, 0.4) is 0 Å². The molecule has 2 N–H and O–H groups in total. The molecule has 0 radical (unpaired) electrons. The number of hydrogen-bond acceptors (Lipinski definition) is 5. The van der Waals surface area contributed by atoms with Crippen LogP contribution in [0.15, 0.2) is 24.3 Å². The smallest absolute Gasteiger partial charge is 0.310 e. The minimum Gasteiger partial charge on any atom is -0.484 e. The third-order valence-corrected chi connectivity index (χ3v) is 3.04.